The van der Waals surface area contributed by atoms with Gasteiger partial charge in [0.25, 0.3) is 5.91 Å². The van der Waals surface area contributed by atoms with Crippen molar-refractivity contribution in [1.29, 1.82) is 0 Å². The Hall–Kier alpha value is -0.780. The molecule has 1 N–H and O–H groups in total. The quantitative estimate of drug-likeness (QED) is 0.832. The second kappa shape index (κ2) is 6.83. The van der Waals surface area contributed by atoms with E-state index in [1.54, 1.807) is 0 Å². The van der Waals surface area contributed by atoms with Crippen LogP contribution in [0.1, 0.15) is 20.8 Å². The molecule has 1 aromatic carbocycles. The molecule has 0 heterocycles. The third-order valence-corrected chi connectivity index (χ3v) is 3.29. The van der Waals surface area contributed by atoms with Gasteiger partial charge in [0.2, 0.25) is 0 Å². The number of carbonyl (C=O) groups excluding carboxylic acids is 1. The molecule has 0 aliphatic rings. The zero-order chi connectivity index (χ0) is 12.8. The van der Waals surface area contributed by atoms with Gasteiger partial charge in [-0.1, -0.05) is 13.8 Å². The van der Waals surface area contributed by atoms with E-state index in [0.29, 0.717) is 5.92 Å². The van der Waals surface area contributed by atoms with Crippen LogP contribution in [0.15, 0.2) is 24.3 Å². The van der Waals surface area contributed by atoms with Gasteiger partial charge in [-0.2, -0.15) is 0 Å². The lowest BCUT2D eigenvalue weighted by Gasteiger charge is -2.17. The molecule has 3 nitrogen and oxygen atoms in total. The Morgan fingerprint density at radius 1 is 1.29 bits per heavy atom. The van der Waals surface area contributed by atoms with Crippen LogP contribution in [0.2, 0.25) is 0 Å². The van der Waals surface area contributed by atoms with Crippen LogP contribution in [0.5, 0.6) is 5.75 Å². The van der Waals surface area contributed by atoms with Crippen molar-refractivity contribution < 1.29 is 9.53 Å². The molecule has 0 radical (unpaired) electrons. The van der Waals surface area contributed by atoms with E-state index in [9.17, 15) is 4.79 Å². The van der Waals surface area contributed by atoms with Gasteiger partial charge in [0.05, 0.1) is 0 Å². The van der Waals surface area contributed by atoms with Crippen molar-refractivity contribution in [3.05, 3.63) is 27.8 Å². The number of ether oxygens (including phenoxy) is 1. The minimum absolute atomic E-state index is 0.0671. The first-order valence-electron chi connectivity index (χ1n) is 5.66. The van der Waals surface area contributed by atoms with E-state index in [-0.39, 0.29) is 18.6 Å². The third-order valence-electron chi connectivity index (χ3n) is 2.57. The summed E-state index contributed by atoms with van der Waals surface area (Å²) in [5.74, 6) is 1.07. The van der Waals surface area contributed by atoms with Crippen molar-refractivity contribution in [1.82, 2.24) is 5.32 Å². The molecule has 0 aliphatic heterocycles. The first kappa shape index (κ1) is 14.3. The number of rotatable bonds is 5. The zero-order valence-corrected chi connectivity index (χ0v) is 12.5. The second-order valence-corrected chi connectivity index (χ2v) is 5.59. The summed E-state index contributed by atoms with van der Waals surface area (Å²) in [5.41, 5.74) is 0. The predicted molar refractivity (Wildman–Crippen MR) is 77.1 cm³/mol. The van der Waals surface area contributed by atoms with Gasteiger partial charge in [0.15, 0.2) is 6.61 Å². The van der Waals surface area contributed by atoms with E-state index < -0.39 is 0 Å². The molecule has 4 heteroatoms. The van der Waals surface area contributed by atoms with Gasteiger partial charge in [0, 0.05) is 9.61 Å². The molecule has 0 fully saturated rings. The molecule has 0 unspecified atom stereocenters. The molecule has 0 aliphatic carbocycles. The van der Waals surface area contributed by atoms with Gasteiger partial charge in [-0.25, -0.2) is 0 Å². The highest BCUT2D eigenvalue weighted by atomic mass is 127. The minimum atomic E-state index is -0.0789. The molecule has 0 saturated heterocycles. The number of nitrogens with one attached hydrogen (secondary N) is 1. The Balaban J connectivity index is 2.35. The molecular weight excluding hydrogens is 329 g/mol. The summed E-state index contributed by atoms with van der Waals surface area (Å²) >= 11 is 2.23. The molecule has 0 bridgehead atoms. The number of benzene rings is 1. The highest BCUT2D eigenvalue weighted by molar-refractivity contribution is 14.1. The molecular formula is C13H18INO2. The topological polar surface area (TPSA) is 38.3 Å². The molecule has 17 heavy (non-hydrogen) atoms. The zero-order valence-electron chi connectivity index (χ0n) is 10.4. The van der Waals surface area contributed by atoms with Crippen LogP contribution in [-0.4, -0.2) is 18.6 Å². The van der Waals surface area contributed by atoms with Crippen LogP contribution in [-0.2, 0) is 4.79 Å². The highest BCUT2D eigenvalue weighted by Crippen LogP contribution is 2.13. The minimum Gasteiger partial charge on any atom is -0.484 e. The molecule has 0 saturated carbocycles. The third kappa shape index (κ3) is 5.39. The van der Waals surface area contributed by atoms with Gasteiger partial charge in [-0.05, 0) is 59.7 Å². The average molecular weight is 347 g/mol. The summed E-state index contributed by atoms with van der Waals surface area (Å²) in [5, 5.41) is 2.90. The summed E-state index contributed by atoms with van der Waals surface area (Å²) in [6, 6.07) is 7.79. The number of hydrogen-bond donors (Lipinski definition) is 1. The fourth-order valence-corrected chi connectivity index (χ4v) is 1.50. The molecule has 0 aromatic heterocycles. The standard InChI is InChI=1S/C13H18INO2/c1-9(2)10(3)15-13(16)8-17-12-6-4-11(14)5-7-12/h4-7,9-10H,8H2,1-3H3,(H,15,16)/t10-/m0/s1. The van der Waals surface area contributed by atoms with Gasteiger partial charge >= 0.3 is 0 Å². The maximum absolute atomic E-state index is 11.6. The fourth-order valence-electron chi connectivity index (χ4n) is 1.14. The summed E-state index contributed by atoms with van der Waals surface area (Å²) in [7, 11) is 0. The molecule has 1 amide bonds. The van der Waals surface area contributed by atoms with Crippen LogP contribution in [0, 0.1) is 9.49 Å². The monoisotopic (exact) mass is 347 g/mol. The van der Waals surface area contributed by atoms with E-state index >= 15 is 0 Å². The number of hydrogen-bond acceptors (Lipinski definition) is 2. The van der Waals surface area contributed by atoms with E-state index in [4.69, 9.17) is 4.74 Å². The SMILES string of the molecule is CC(C)[C@H](C)NC(=O)COc1ccc(I)cc1. The lowest BCUT2D eigenvalue weighted by molar-refractivity contribution is -0.124. The molecule has 1 aromatic rings. The largest absolute Gasteiger partial charge is 0.484 e. The van der Waals surface area contributed by atoms with Crippen molar-refractivity contribution >= 4 is 28.5 Å². The van der Waals surface area contributed by atoms with Crippen molar-refractivity contribution in [3.63, 3.8) is 0 Å². The summed E-state index contributed by atoms with van der Waals surface area (Å²) in [4.78, 5) is 11.6. The summed E-state index contributed by atoms with van der Waals surface area (Å²) in [6.07, 6.45) is 0. The van der Waals surface area contributed by atoms with Crippen LogP contribution < -0.4 is 10.1 Å². The van der Waals surface area contributed by atoms with E-state index in [0.717, 1.165) is 9.32 Å². The number of amides is 1. The van der Waals surface area contributed by atoms with Gasteiger partial charge in [0.1, 0.15) is 5.75 Å². The van der Waals surface area contributed by atoms with Crippen molar-refractivity contribution in [2.24, 2.45) is 5.92 Å². The Morgan fingerprint density at radius 3 is 2.41 bits per heavy atom. The first-order valence-corrected chi connectivity index (χ1v) is 6.74. The Morgan fingerprint density at radius 2 is 1.88 bits per heavy atom. The Kier molecular flexibility index (Phi) is 5.74. The highest BCUT2D eigenvalue weighted by Gasteiger charge is 2.10. The number of carbonyl (C=O) groups is 1. The van der Waals surface area contributed by atoms with Crippen LogP contribution in [0.25, 0.3) is 0 Å². The lowest BCUT2D eigenvalue weighted by Crippen LogP contribution is -2.38. The average Bonchev–Trinajstić information content (AvgIpc) is 2.28. The van der Waals surface area contributed by atoms with Gasteiger partial charge in [-0.3, -0.25) is 4.79 Å². The maximum Gasteiger partial charge on any atom is 0.258 e. The lowest BCUT2D eigenvalue weighted by atomic mass is 10.1. The second-order valence-electron chi connectivity index (χ2n) is 4.34. The number of halogens is 1. The molecule has 1 rings (SSSR count). The smallest absolute Gasteiger partial charge is 0.258 e. The fraction of sp³-hybridized carbons (Fsp3) is 0.462. The summed E-state index contributed by atoms with van der Waals surface area (Å²) < 4.78 is 6.53. The summed E-state index contributed by atoms with van der Waals surface area (Å²) in [6.45, 7) is 6.21. The van der Waals surface area contributed by atoms with Gasteiger partial charge in [-0.15, -0.1) is 0 Å². The first-order chi connectivity index (χ1) is 7.99. The Bertz CT molecular complexity index is 362. The van der Waals surface area contributed by atoms with Crippen LogP contribution >= 0.6 is 22.6 Å². The van der Waals surface area contributed by atoms with Crippen LogP contribution in [0.4, 0.5) is 0 Å². The molecule has 0 spiro atoms. The van der Waals surface area contributed by atoms with E-state index in [1.165, 1.54) is 0 Å². The molecule has 1 atom stereocenters. The van der Waals surface area contributed by atoms with Gasteiger partial charge < -0.3 is 10.1 Å². The maximum atomic E-state index is 11.6. The van der Waals surface area contributed by atoms with E-state index in [1.807, 2.05) is 31.2 Å². The normalized spacial score (nSPS) is 12.3. The van der Waals surface area contributed by atoms with Crippen molar-refractivity contribution in [2.75, 3.05) is 6.61 Å². The van der Waals surface area contributed by atoms with Crippen molar-refractivity contribution in [2.45, 2.75) is 26.8 Å². The van der Waals surface area contributed by atoms with Crippen LogP contribution in [0.3, 0.4) is 0 Å². The molecule has 94 valence electrons. The predicted octanol–water partition coefficient (Wildman–Crippen LogP) is 2.83. The Labute approximate surface area is 116 Å². The van der Waals surface area contributed by atoms with E-state index in [2.05, 4.69) is 41.8 Å². The van der Waals surface area contributed by atoms with Crippen molar-refractivity contribution in [3.8, 4) is 5.75 Å².